The highest BCUT2D eigenvalue weighted by Crippen LogP contribution is 2.26. The number of hydrogen-bond acceptors (Lipinski definition) is 4. The molecule has 1 atom stereocenters. The smallest absolute Gasteiger partial charge is 0.101 e. The number of ether oxygens (including phenoxy) is 1. The first kappa shape index (κ1) is 13.4. The summed E-state index contributed by atoms with van der Waals surface area (Å²) in [5, 5.41) is 12.9. The molecule has 3 rings (SSSR count). The molecule has 4 heteroatoms. The molecule has 1 aromatic carbocycles. The molecule has 1 heterocycles. The van der Waals surface area contributed by atoms with Crippen LogP contribution >= 0.6 is 0 Å². The molecule has 4 nitrogen and oxygen atoms in total. The van der Waals surface area contributed by atoms with Crippen LogP contribution < -0.4 is 10.2 Å². The zero-order chi connectivity index (χ0) is 13.9. The highest BCUT2D eigenvalue weighted by Gasteiger charge is 2.22. The number of morpholine rings is 1. The molecule has 2 fully saturated rings. The Morgan fingerprint density at radius 1 is 1.45 bits per heavy atom. The Hall–Kier alpha value is -1.57. The van der Waals surface area contributed by atoms with E-state index in [0.29, 0.717) is 12.1 Å². The molecule has 0 aromatic heterocycles. The first-order valence-electron chi connectivity index (χ1n) is 7.38. The number of nitrogens with one attached hydrogen (secondary N) is 1. The lowest BCUT2D eigenvalue weighted by Crippen LogP contribution is -2.44. The lowest BCUT2D eigenvalue weighted by Gasteiger charge is -2.35. The van der Waals surface area contributed by atoms with Crippen molar-refractivity contribution in [3.8, 4) is 6.07 Å². The van der Waals surface area contributed by atoms with Crippen LogP contribution in [0.5, 0.6) is 0 Å². The molecule has 2 aliphatic rings. The van der Waals surface area contributed by atoms with E-state index in [1.165, 1.54) is 18.4 Å². The first-order valence-corrected chi connectivity index (χ1v) is 7.38. The molecule has 0 radical (unpaired) electrons. The van der Waals surface area contributed by atoms with Gasteiger partial charge in [-0.15, -0.1) is 0 Å². The van der Waals surface area contributed by atoms with E-state index in [1.807, 2.05) is 6.07 Å². The van der Waals surface area contributed by atoms with Crippen molar-refractivity contribution in [3.63, 3.8) is 0 Å². The van der Waals surface area contributed by atoms with Crippen molar-refractivity contribution in [1.29, 1.82) is 5.26 Å². The van der Waals surface area contributed by atoms with E-state index in [9.17, 15) is 5.26 Å². The largest absolute Gasteiger partial charge is 0.377 e. The summed E-state index contributed by atoms with van der Waals surface area (Å²) >= 11 is 0. The van der Waals surface area contributed by atoms with Crippen molar-refractivity contribution in [1.82, 2.24) is 5.32 Å². The Morgan fingerprint density at radius 2 is 2.30 bits per heavy atom. The molecular weight excluding hydrogens is 250 g/mol. The van der Waals surface area contributed by atoms with Gasteiger partial charge in [-0.2, -0.15) is 5.26 Å². The Kier molecular flexibility index (Phi) is 3.90. The summed E-state index contributed by atoms with van der Waals surface area (Å²) < 4.78 is 5.47. The van der Waals surface area contributed by atoms with Gasteiger partial charge in [0.15, 0.2) is 0 Å². The van der Waals surface area contributed by atoms with Crippen molar-refractivity contribution < 1.29 is 4.74 Å². The van der Waals surface area contributed by atoms with Crippen molar-refractivity contribution in [2.75, 3.05) is 24.7 Å². The van der Waals surface area contributed by atoms with E-state index in [2.05, 4.69) is 35.3 Å². The maximum absolute atomic E-state index is 9.42. The fourth-order valence-corrected chi connectivity index (χ4v) is 2.67. The monoisotopic (exact) mass is 271 g/mol. The third kappa shape index (κ3) is 2.95. The molecule has 1 N–H and O–H groups in total. The van der Waals surface area contributed by atoms with Crippen LogP contribution in [0.1, 0.15) is 30.9 Å². The Labute approximate surface area is 120 Å². The summed E-state index contributed by atoms with van der Waals surface area (Å²) in [7, 11) is 0. The maximum atomic E-state index is 9.42. The van der Waals surface area contributed by atoms with Crippen molar-refractivity contribution in [2.24, 2.45) is 0 Å². The van der Waals surface area contributed by atoms with Gasteiger partial charge < -0.3 is 15.0 Å². The summed E-state index contributed by atoms with van der Waals surface area (Å²) in [6.07, 6.45) is 2.57. The molecule has 0 amide bonds. The maximum Gasteiger partial charge on any atom is 0.101 e. The quantitative estimate of drug-likeness (QED) is 0.910. The second-order valence-electron chi connectivity index (χ2n) is 5.74. The van der Waals surface area contributed by atoms with Gasteiger partial charge in [-0.1, -0.05) is 6.07 Å². The second kappa shape index (κ2) is 5.82. The van der Waals surface area contributed by atoms with Crippen molar-refractivity contribution in [3.05, 3.63) is 29.3 Å². The normalized spacial score (nSPS) is 22.6. The van der Waals surface area contributed by atoms with E-state index in [0.717, 1.165) is 37.6 Å². The van der Waals surface area contributed by atoms with Crippen LogP contribution in [0.2, 0.25) is 0 Å². The van der Waals surface area contributed by atoms with Crippen LogP contribution in [0.25, 0.3) is 0 Å². The first-order chi connectivity index (χ1) is 9.78. The fraction of sp³-hybridized carbons (Fsp3) is 0.562. The van der Waals surface area contributed by atoms with Gasteiger partial charge in [-0.3, -0.25) is 0 Å². The van der Waals surface area contributed by atoms with Gasteiger partial charge in [0.2, 0.25) is 0 Å². The minimum Gasteiger partial charge on any atom is -0.377 e. The van der Waals surface area contributed by atoms with E-state index in [-0.39, 0.29) is 0 Å². The molecule has 1 aliphatic heterocycles. The Morgan fingerprint density at radius 3 is 3.00 bits per heavy atom. The number of nitrogens with zero attached hydrogens (tertiary/aromatic N) is 2. The summed E-state index contributed by atoms with van der Waals surface area (Å²) in [5.74, 6) is 0. The predicted octanol–water partition coefficient (Wildman–Crippen LogP) is 2.04. The lowest BCUT2D eigenvalue weighted by atomic mass is 10.1. The number of anilines is 1. The van der Waals surface area contributed by atoms with Gasteiger partial charge in [0, 0.05) is 25.2 Å². The highest BCUT2D eigenvalue weighted by molar-refractivity contribution is 5.61. The molecule has 0 bridgehead atoms. The lowest BCUT2D eigenvalue weighted by molar-refractivity contribution is 0.0989. The zero-order valence-corrected chi connectivity index (χ0v) is 11.9. The molecule has 1 saturated heterocycles. The van der Waals surface area contributed by atoms with Crippen LogP contribution in [0.4, 0.5) is 5.69 Å². The molecule has 1 saturated carbocycles. The van der Waals surface area contributed by atoms with E-state index in [1.54, 1.807) is 0 Å². The van der Waals surface area contributed by atoms with Crippen LogP contribution in [-0.2, 0) is 11.3 Å². The molecule has 1 aromatic rings. The molecule has 1 aliphatic carbocycles. The standard InChI is InChI=1S/C16H21N3O/c1-12-11-20-7-6-19(12)16-5-2-13(8-14(16)9-17)10-18-15-3-4-15/h2,5,8,12,15,18H,3-4,6-7,10-11H2,1H3. The van der Waals surface area contributed by atoms with Gasteiger partial charge in [0.1, 0.15) is 6.07 Å². The van der Waals surface area contributed by atoms with Crippen LogP contribution in [-0.4, -0.2) is 31.8 Å². The average Bonchev–Trinajstić information content (AvgIpc) is 3.30. The van der Waals surface area contributed by atoms with E-state index >= 15 is 0 Å². The van der Waals surface area contributed by atoms with Gasteiger partial charge in [0.05, 0.1) is 24.5 Å². The topological polar surface area (TPSA) is 48.3 Å². The zero-order valence-electron chi connectivity index (χ0n) is 11.9. The molecular formula is C16H21N3O. The predicted molar refractivity (Wildman–Crippen MR) is 78.6 cm³/mol. The molecule has 20 heavy (non-hydrogen) atoms. The van der Waals surface area contributed by atoms with Gasteiger partial charge in [-0.05, 0) is 37.5 Å². The summed E-state index contributed by atoms with van der Waals surface area (Å²) in [6.45, 7) is 5.33. The number of benzene rings is 1. The second-order valence-corrected chi connectivity index (χ2v) is 5.74. The average molecular weight is 271 g/mol. The summed E-state index contributed by atoms with van der Waals surface area (Å²) in [5.41, 5.74) is 3.01. The van der Waals surface area contributed by atoms with Gasteiger partial charge >= 0.3 is 0 Å². The number of nitriles is 1. The SMILES string of the molecule is CC1COCCN1c1ccc(CNC2CC2)cc1C#N. The van der Waals surface area contributed by atoms with E-state index < -0.39 is 0 Å². The van der Waals surface area contributed by atoms with Crippen molar-refractivity contribution in [2.45, 2.75) is 38.4 Å². The van der Waals surface area contributed by atoms with E-state index in [4.69, 9.17) is 4.74 Å². The minimum absolute atomic E-state index is 0.325. The Balaban J connectivity index is 1.77. The Bertz CT molecular complexity index is 519. The summed E-state index contributed by atoms with van der Waals surface area (Å²) in [4.78, 5) is 2.28. The molecule has 1 unspecified atom stereocenters. The number of hydrogen-bond donors (Lipinski definition) is 1. The van der Waals surface area contributed by atoms with Crippen molar-refractivity contribution >= 4 is 5.69 Å². The molecule has 106 valence electrons. The van der Waals surface area contributed by atoms with Crippen LogP contribution in [0.15, 0.2) is 18.2 Å². The van der Waals surface area contributed by atoms with Gasteiger partial charge in [-0.25, -0.2) is 0 Å². The third-order valence-corrected chi connectivity index (χ3v) is 4.03. The van der Waals surface area contributed by atoms with Crippen LogP contribution in [0.3, 0.4) is 0 Å². The minimum atomic E-state index is 0.325. The van der Waals surface area contributed by atoms with Crippen LogP contribution in [0, 0.1) is 11.3 Å². The highest BCUT2D eigenvalue weighted by atomic mass is 16.5. The summed E-state index contributed by atoms with van der Waals surface area (Å²) in [6, 6.07) is 9.61. The van der Waals surface area contributed by atoms with Gasteiger partial charge in [0.25, 0.3) is 0 Å². The number of rotatable bonds is 4. The third-order valence-electron chi connectivity index (χ3n) is 4.03. The molecule has 0 spiro atoms. The fourth-order valence-electron chi connectivity index (χ4n) is 2.67.